The number of ether oxygens (including phenoxy) is 1. The number of pyridine rings is 1. The number of hydrogen-bond donors (Lipinski definition) is 0. The van der Waals surface area contributed by atoms with Crippen molar-refractivity contribution in [1.82, 2.24) is 4.57 Å². The molecule has 1 fully saturated rings. The zero-order valence-corrected chi connectivity index (χ0v) is 18.7. The highest BCUT2D eigenvalue weighted by Gasteiger charge is 2.29. The molecule has 1 saturated carbocycles. The van der Waals surface area contributed by atoms with E-state index in [0.717, 1.165) is 45.2 Å². The first-order chi connectivity index (χ1) is 16.0. The summed E-state index contributed by atoms with van der Waals surface area (Å²) in [6.45, 7) is 3.77. The van der Waals surface area contributed by atoms with Crippen LogP contribution in [0.5, 0.6) is 0 Å². The molecule has 1 aliphatic carbocycles. The number of esters is 1. The Hall–Kier alpha value is -3.51. The summed E-state index contributed by atoms with van der Waals surface area (Å²) in [7, 11) is 0. The molecular formula is C27H21NO4S. The maximum Gasteiger partial charge on any atom is 0.330 e. The molecule has 0 aliphatic heterocycles. The number of aromatic nitrogens is 1. The lowest BCUT2D eigenvalue weighted by atomic mass is 9.97. The lowest BCUT2D eigenvalue weighted by Crippen LogP contribution is -2.35. The Morgan fingerprint density at radius 1 is 0.939 bits per heavy atom. The van der Waals surface area contributed by atoms with E-state index in [1.165, 1.54) is 9.27 Å². The molecule has 0 saturated heterocycles. The van der Waals surface area contributed by atoms with Gasteiger partial charge in [-0.15, -0.1) is 11.3 Å². The van der Waals surface area contributed by atoms with Crippen LogP contribution in [0.1, 0.15) is 19.3 Å². The van der Waals surface area contributed by atoms with Crippen molar-refractivity contribution >= 4 is 59.0 Å². The summed E-state index contributed by atoms with van der Waals surface area (Å²) in [4.78, 5) is 38.5. The van der Waals surface area contributed by atoms with Crippen molar-refractivity contribution in [3.05, 3.63) is 81.9 Å². The monoisotopic (exact) mass is 455 g/mol. The molecule has 6 heteroatoms. The number of hydrogen-bond acceptors (Lipinski definition) is 5. The summed E-state index contributed by atoms with van der Waals surface area (Å²) in [6, 6.07) is 16.0. The third-order valence-corrected chi connectivity index (χ3v) is 7.99. The van der Waals surface area contributed by atoms with E-state index < -0.39 is 5.97 Å². The number of benzene rings is 3. The molecule has 5 aromatic rings. The number of nitrogens with zero attached hydrogens (tertiary/aromatic N) is 1. The Labute approximate surface area is 192 Å². The molecule has 0 bridgehead atoms. The molecule has 164 valence electrons. The van der Waals surface area contributed by atoms with Gasteiger partial charge in [0.1, 0.15) is 6.10 Å². The van der Waals surface area contributed by atoms with Gasteiger partial charge in [-0.1, -0.05) is 30.8 Å². The van der Waals surface area contributed by atoms with E-state index in [4.69, 9.17) is 4.74 Å². The number of rotatable bonds is 4. The standard InChI is InChI=1S/C27H21NO4S/c1-2-23(29)32-16-8-7-15(13-16)14-28-26(30)19-10-9-18-17-5-3-4-6-21(17)33-22-12-11-20(27(28)31)24(19)25(18)22/h2-6,9-12,15-16H,1,7-8,13-14H2. The molecule has 2 aromatic heterocycles. The second-order valence-corrected chi connectivity index (χ2v) is 9.87. The first-order valence-corrected chi connectivity index (χ1v) is 11.9. The SMILES string of the molecule is C=CC(=O)OC1CCC(Cn2c(=O)c3ccc4sc5ccccc5c5ccc(c2=O)c3c45)C1. The summed E-state index contributed by atoms with van der Waals surface area (Å²) >= 11 is 1.68. The molecule has 0 N–H and O–H groups in total. The van der Waals surface area contributed by atoms with E-state index >= 15 is 0 Å². The van der Waals surface area contributed by atoms with Crippen molar-refractivity contribution in [2.45, 2.75) is 31.9 Å². The van der Waals surface area contributed by atoms with Crippen LogP contribution < -0.4 is 11.1 Å². The largest absolute Gasteiger partial charge is 0.459 e. The van der Waals surface area contributed by atoms with Gasteiger partial charge in [-0.05, 0) is 60.2 Å². The third kappa shape index (κ3) is 3.09. The molecule has 3 aromatic carbocycles. The molecule has 5 nitrogen and oxygen atoms in total. The molecule has 2 atom stereocenters. The van der Waals surface area contributed by atoms with E-state index in [1.54, 1.807) is 11.3 Å². The van der Waals surface area contributed by atoms with Gasteiger partial charge in [0.25, 0.3) is 11.1 Å². The van der Waals surface area contributed by atoms with Crippen LogP contribution in [0.4, 0.5) is 0 Å². The van der Waals surface area contributed by atoms with Crippen LogP contribution in [0.3, 0.4) is 0 Å². The zero-order chi connectivity index (χ0) is 22.7. The smallest absolute Gasteiger partial charge is 0.330 e. The van der Waals surface area contributed by atoms with Gasteiger partial charge in [-0.25, -0.2) is 4.79 Å². The summed E-state index contributed by atoms with van der Waals surface area (Å²) in [6.07, 6.45) is 3.16. The lowest BCUT2D eigenvalue weighted by Gasteiger charge is -2.16. The van der Waals surface area contributed by atoms with Gasteiger partial charge in [0, 0.05) is 43.6 Å². The molecule has 0 amide bonds. The summed E-state index contributed by atoms with van der Waals surface area (Å²) in [5.41, 5.74) is -0.488. The van der Waals surface area contributed by atoms with E-state index in [0.29, 0.717) is 23.7 Å². The normalized spacial score (nSPS) is 18.5. The number of carbonyl (C=O) groups excluding carboxylic acids is 1. The fraction of sp³-hybridized carbons (Fsp3) is 0.222. The topological polar surface area (TPSA) is 65.4 Å². The van der Waals surface area contributed by atoms with Crippen LogP contribution >= 0.6 is 11.3 Å². The summed E-state index contributed by atoms with van der Waals surface area (Å²) in [5, 5.41) is 5.12. The first kappa shape index (κ1) is 20.1. The van der Waals surface area contributed by atoms with E-state index in [2.05, 4.69) is 18.7 Å². The Morgan fingerprint density at radius 3 is 2.45 bits per heavy atom. The summed E-state index contributed by atoms with van der Waals surface area (Å²) < 4.78 is 8.99. The predicted octanol–water partition coefficient (Wildman–Crippen LogP) is 5.22. The Balaban J connectivity index is 1.50. The van der Waals surface area contributed by atoms with Crippen molar-refractivity contribution in [3.63, 3.8) is 0 Å². The number of carbonyl (C=O) groups is 1. The third-order valence-electron chi connectivity index (χ3n) is 6.85. The van der Waals surface area contributed by atoms with E-state index in [-0.39, 0.29) is 23.1 Å². The highest BCUT2D eigenvalue weighted by Crippen LogP contribution is 2.39. The average molecular weight is 456 g/mol. The molecule has 1 aliphatic rings. The van der Waals surface area contributed by atoms with Gasteiger partial charge in [0.2, 0.25) is 0 Å². The molecule has 33 heavy (non-hydrogen) atoms. The molecule has 2 heterocycles. The molecule has 2 unspecified atom stereocenters. The van der Waals surface area contributed by atoms with Gasteiger partial charge in [0.05, 0.1) is 0 Å². The van der Waals surface area contributed by atoms with Crippen LogP contribution in [-0.4, -0.2) is 16.6 Å². The summed E-state index contributed by atoms with van der Waals surface area (Å²) in [5.74, 6) is -0.323. The van der Waals surface area contributed by atoms with Crippen LogP contribution in [0.25, 0.3) is 41.7 Å². The second-order valence-electron chi connectivity index (χ2n) is 8.78. The molecule has 0 radical (unpaired) electrons. The first-order valence-electron chi connectivity index (χ1n) is 11.1. The molecule has 0 spiro atoms. The fourth-order valence-corrected chi connectivity index (χ4v) is 6.47. The minimum Gasteiger partial charge on any atom is -0.459 e. The molecule has 6 rings (SSSR count). The van der Waals surface area contributed by atoms with Crippen LogP contribution in [0, 0.1) is 5.92 Å². The zero-order valence-electron chi connectivity index (χ0n) is 17.9. The van der Waals surface area contributed by atoms with Crippen LogP contribution in [0.15, 0.2) is 70.8 Å². The minimum atomic E-state index is -0.432. The highest BCUT2D eigenvalue weighted by molar-refractivity contribution is 7.25. The van der Waals surface area contributed by atoms with Gasteiger partial charge in [-0.2, -0.15) is 0 Å². The van der Waals surface area contributed by atoms with Crippen molar-refractivity contribution in [2.75, 3.05) is 0 Å². The van der Waals surface area contributed by atoms with E-state index in [1.807, 2.05) is 36.4 Å². The second kappa shape index (κ2) is 7.52. The molecular weight excluding hydrogens is 434 g/mol. The van der Waals surface area contributed by atoms with Crippen molar-refractivity contribution < 1.29 is 9.53 Å². The van der Waals surface area contributed by atoms with Crippen LogP contribution in [-0.2, 0) is 16.1 Å². The average Bonchev–Trinajstić information content (AvgIpc) is 3.28. The Bertz CT molecular complexity index is 1660. The van der Waals surface area contributed by atoms with Crippen LogP contribution in [0.2, 0.25) is 0 Å². The number of fused-ring (bicyclic) bond motifs is 2. The Morgan fingerprint density at radius 2 is 1.67 bits per heavy atom. The van der Waals surface area contributed by atoms with Crippen molar-refractivity contribution in [2.24, 2.45) is 5.92 Å². The fourth-order valence-electron chi connectivity index (χ4n) is 5.35. The van der Waals surface area contributed by atoms with Crippen molar-refractivity contribution in [3.8, 4) is 0 Å². The van der Waals surface area contributed by atoms with Gasteiger partial charge >= 0.3 is 5.97 Å². The maximum atomic E-state index is 13.5. The van der Waals surface area contributed by atoms with Crippen molar-refractivity contribution in [1.29, 1.82) is 0 Å². The van der Waals surface area contributed by atoms with E-state index in [9.17, 15) is 14.4 Å². The van der Waals surface area contributed by atoms with Gasteiger partial charge in [0.15, 0.2) is 0 Å². The lowest BCUT2D eigenvalue weighted by molar-refractivity contribution is -0.142. The van der Waals surface area contributed by atoms with Gasteiger partial charge < -0.3 is 4.74 Å². The minimum absolute atomic E-state index is 0.109. The highest BCUT2D eigenvalue weighted by atomic mass is 32.1. The van der Waals surface area contributed by atoms with Gasteiger partial charge in [-0.3, -0.25) is 14.2 Å². The quantitative estimate of drug-likeness (QED) is 0.161. The predicted molar refractivity (Wildman–Crippen MR) is 133 cm³/mol. The maximum absolute atomic E-state index is 13.5. The Kier molecular flexibility index (Phi) is 4.59.